The lowest BCUT2D eigenvalue weighted by Crippen LogP contribution is -2.27. The molecule has 1 atom stereocenters. The standard InChI is InChI=1S/C23H26N2O3/c1-4-5-13-28-22-15-18(11-12-21(22)27-3)14-20(16-24)23(26)25-17(2)19-9-7-6-8-10-19/h6-12,14-15,17H,4-5,13H2,1-3H3,(H,25,26)/b20-14+. The molecule has 0 fully saturated rings. The van der Waals surface area contributed by atoms with Crippen molar-refractivity contribution in [2.45, 2.75) is 32.7 Å². The van der Waals surface area contributed by atoms with Crippen LogP contribution < -0.4 is 14.8 Å². The predicted molar refractivity (Wildman–Crippen MR) is 110 cm³/mol. The minimum absolute atomic E-state index is 0.0347. The molecule has 0 aliphatic rings. The fraction of sp³-hybridized carbons (Fsp3) is 0.304. The van der Waals surface area contributed by atoms with Gasteiger partial charge in [-0.2, -0.15) is 5.26 Å². The second kappa shape index (κ2) is 10.8. The Balaban J connectivity index is 2.17. The third kappa shape index (κ3) is 5.88. The van der Waals surface area contributed by atoms with Crippen molar-refractivity contribution in [3.63, 3.8) is 0 Å². The van der Waals surface area contributed by atoms with Crippen molar-refractivity contribution in [2.75, 3.05) is 13.7 Å². The average molecular weight is 378 g/mol. The summed E-state index contributed by atoms with van der Waals surface area (Å²) in [7, 11) is 1.58. The van der Waals surface area contributed by atoms with Crippen molar-refractivity contribution >= 4 is 12.0 Å². The fourth-order valence-corrected chi connectivity index (χ4v) is 2.64. The average Bonchev–Trinajstić information content (AvgIpc) is 2.72. The largest absolute Gasteiger partial charge is 0.493 e. The van der Waals surface area contributed by atoms with Gasteiger partial charge < -0.3 is 14.8 Å². The van der Waals surface area contributed by atoms with Crippen LogP contribution in [0.2, 0.25) is 0 Å². The van der Waals surface area contributed by atoms with Gasteiger partial charge in [-0.1, -0.05) is 49.7 Å². The number of unbranched alkanes of at least 4 members (excludes halogenated alkanes) is 1. The van der Waals surface area contributed by atoms with Gasteiger partial charge in [0.1, 0.15) is 11.6 Å². The van der Waals surface area contributed by atoms with Crippen LogP contribution in [0.1, 0.15) is 43.9 Å². The lowest BCUT2D eigenvalue weighted by molar-refractivity contribution is -0.117. The molecule has 2 aromatic rings. The highest BCUT2D eigenvalue weighted by Gasteiger charge is 2.14. The molecule has 0 aliphatic heterocycles. The summed E-state index contributed by atoms with van der Waals surface area (Å²) >= 11 is 0. The maximum atomic E-state index is 12.5. The monoisotopic (exact) mass is 378 g/mol. The van der Waals surface area contributed by atoms with E-state index >= 15 is 0 Å². The van der Waals surface area contributed by atoms with Gasteiger partial charge in [-0.15, -0.1) is 0 Å². The Morgan fingerprint density at radius 2 is 1.96 bits per heavy atom. The van der Waals surface area contributed by atoms with Gasteiger partial charge in [0.05, 0.1) is 19.8 Å². The van der Waals surface area contributed by atoms with Gasteiger partial charge in [-0.05, 0) is 42.7 Å². The molecular weight excluding hydrogens is 352 g/mol. The zero-order chi connectivity index (χ0) is 20.4. The van der Waals surface area contributed by atoms with E-state index in [4.69, 9.17) is 9.47 Å². The van der Waals surface area contributed by atoms with Crippen LogP contribution in [0.25, 0.3) is 6.08 Å². The third-order valence-electron chi connectivity index (χ3n) is 4.27. The van der Waals surface area contributed by atoms with Gasteiger partial charge in [0.15, 0.2) is 11.5 Å². The normalized spacial score (nSPS) is 12.0. The van der Waals surface area contributed by atoms with Gasteiger partial charge in [0, 0.05) is 0 Å². The third-order valence-corrected chi connectivity index (χ3v) is 4.27. The summed E-state index contributed by atoms with van der Waals surface area (Å²) in [6.45, 7) is 4.56. The minimum atomic E-state index is -0.414. The van der Waals surface area contributed by atoms with E-state index in [1.807, 2.05) is 43.3 Å². The molecule has 5 nitrogen and oxygen atoms in total. The molecule has 0 spiro atoms. The molecule has 28 heavy (non-hydrogen) atoms. The molecule has 1 unspecified atom stereocenters. The number of nitrogens with zero attached hydrogens (tertiary/aromatic N) is 1. The van der Waals surface area contributed by atoms with Crippen LogP contribution in [-0.4, -0.2) is 19.6 Å². The van der Waals surface area contributed by atoms with Crippen LogP contribution >= 0.6 is 0 Å². The summed E-state index contributed by atoms with van der Waals surface area (Å²) in [5.74, 6) is 0.803. The summed E-state index contributed by atoms with van der Waals surface area (Å²) in [5.41, 5.74) is 1.71. The Morgan fingerprint density at radius 1 is 1.21 bits per heavy atom. The number of amides is 1. The fourth-order valence-electron chi connectivity index (χ4n) is 2.64. The molecule has 0 saturated heterocycles. The quantitative estimate of drug-likeness (QED) is 0.391. The van der Waals surface area contributed by atoms with Gasteiger partial charge in [-0.3, -0.25) is 4.79 Å². The summed E-state index contributed by atoms with van der Waals surface area (Å²) in [5, 5.41) is 12.3. The molecular formula is C23H26N2O3. The molecule has 0 radical (unpaired) electrons. The Hall–Kier alpha value is -3.26. The van der Waals surface area contributed by atoms with Crippen LogP contribution in [0.4, 0.5) is 0 Å². The highest BCUT2D eigenvalue weighted by Crippen LogP contribution is 2.29. The smallest absolute Gasteiger partial charge is 0.262 e. The van der Waals surface area contributed by atoms with Crippen LogP contribution in [0.5, 0.6) is 11.5 Å². The van der Waals surface area contributed by atoms with Gasteiger partial charge in [0.25, 0.3) is 5.91 Å². The molecule has 2 aromatic carbocycles. The summed E-state index contributed by atoms with van der Waals surface area (Å²) < 4.78 is 11.1. The number of rotatable bonds is 9. The molecule has 1 N–H and O–H groups in total. The molecule has 146 valence electrons. The number of methoxy groups -OCH3 is 1. The Morgan fingerprint density at radius 3 is 2.61 bits per heavy atom. The van der Waals surface area contributed by atoms with E-state index in [-0.39, 0.29) is 11.6 Å². The minimum Gasteiger partial charge on any atom is -0.493 e. The first kappa shape index (κ1) is 21.0. The zero-order valence-electron chi connectivity index (χ0n) is 16.6. The van der Waals surface area contributed by atoms with E-state index in [1.165, 1.54) is 0 Å². The van der Waals surface area contributed by atoms with Crippen molar-refractivity contribution in [3.05, 3.63) is 65.2 Å². The van der Waals surface area contributed by atoms with Crippen molar-refractivity contribution in [3.8, 4) is 17.6 Å². The highest BCUT2D eigenvalue weighted by atomic mass is 16.5. The molecule has 5 heteroatoms. The maximum absolute atomic E-state index is 12.5. The number of hydrogen-bond acceptors (Lipinski definition) is 4. The number of nitrogens with one attached hydrogen (secondary N) is 1. The SMILES string of the molecule is CCCCOc1cc(/C=C(\C#N)C(=O)NC(C)c2ccccc2)ccc1OC. The van der Waals surface area contributed by atoms with Crippen LogP contribution in [0.3, 0.4) is 0 Å². The predicted octanol–water partition coefficient (Wildman–Crippen LogP) is 4.66. The van der Waals surface area contributed by atoms with E-state index in [1.54, 1.807) is 31.4 Å². The van der Waals surface area contributed by atoms with E-state index < -0.39 is 5.91 Å². The van der Waals surface area contributed by atoms with Crippen molar-refractivity contribution in [1.29, 1.82) is 5.26 Å². The molecule has 0 bridgehead atoms. The van der Waals surface area contributed by atoms with Gasteiger partial charge >= 0.3 is 0 Å². The first-order valence-corrected chi connectivity index (χ1v) is 9.37. The summed E-state index contributed by atoms with van der Waals surface area (Å²) in [6.07, 6.45) is 3.52. The molecule has 0 aromatic heterocycles. The summed E-state index contributed by atoms with van der Waals surface area (Å²) in [6, 6.07) is 16.7. The van der Waals surface area contributed by atoms with E-state index in [2.05, 4.69) is 12.2 Å². The van der Waals surface area contributed by atoms with Gasteiger partial charge in [0.2, 0.25) is 0 Å². The maximum Gasteiger partial charge on any atom is 0.262 e. The van der Waals surface area contributed by atoms with E-state index in [9.17, 15) is 10.1 Å². The van der Waals surface area contributed by atoms with E-state index in [0.29, 0.717) is 23.7 Å². The Kier molecular flexibility index (Phi) is 8.11. The first-order valence-electron chi connectivity index (χ1n) is 9.37. The number of hydrogen-bond donors (Lipinski definition) is 1. The van der Waals surface area contributed by atoms with Crippen molar-refractivity contribution in [1.82, 2.24) is 5.32 Å². The molecule has 2 rings (SSSR count). The Labute approximate surface area is 166 Å². The molecule has 0 heterocycles. The molecule has 1 amide bonds. The van der Waals surface area contributed by atoms with Gasteiger partial charge in [-0.25, -0.2) is 0 Å². The molecule has 0 aliphatic carbocycles. The van der Waals surface area contributed by atoms with Crippen LogP contribution in [0.15, 0.2) is 54.1 Å². The second-order valence-corrected chi connectivity index (χ2v) is 6.39. The highest BCUT2D eigenvalue weighted by molar-refractivity contribution is 6.01. The number of benzene rings is 2. The van der Waals surface area contributed by atoms with Crippen molar-refractivity contribution in [2.24, 2.45) is 0 Å². The number of nitriles is 1. The van der Waals surface area contributed by atoms with Crippen LogP contribution in [-0.2, 0) is 4.79 Å². The van der Waals surface area contributed by atoms with Crippen molar-refractivity contribution < 1.29 is 14.3 Å². The Bertz CT molecular complexity index is 854. The lowest BCUT2D eigenvalue weighted by atomic mass is 10.1. The zero-order valence-corrected chi connectivity index (χ0v) is 16.6. The number of ether oxygens (including phenoxy) is 2. The topological polar surface area (TPSA) is 71.3 Å². The number of carbonyl (C=O) groups excluding carboxylic acids is 1. The second-order valence-electron chi connectivity index (χ2n) is 6.39. The first-order chi connectivity index (χ1) is 13.6. The van der Waals surface area contributed by atoms with E-state index in [0.717, 1.165) is 18.4 Å². The van der Waals surface area contributed by atoms with Crippen LogP contribution in [0, 0.1) is 11.3 Å². The summed E-state index contributed by atoms with van der Waals surface area (Å²) in [4.78, 5) is 12.5. The lowest BCUT2D eigenvalue weighted by Gasteiger charge is -2.14. The molecule has 0 saturated carbocycles. The number of carbonyl (C=O) groups is 1.